The van der Waals surface area contributed by atoms with E-state index in [1.54, 1.807) is 6.92 Å². The molecule has 2 atom stereocenters. The van der Waals surface area contributed by atoms with E-state index in [0.29, 0.717) is 6.54 Å². The van der Waals surface area contributed by atoms with Gasteiger partial charge in [0.2, 0.25) is 5.88 Å². The van der Waals surface area contributed by atoms with Gasteiger partial charge < -0.3 is 19.3 Å². The fraction of sp³-hybridized carbons (Fsp3) is 0.280. The zero-order chi connectivity index (χ0) is 23.8. The second-order valence-electron chi connectivity index (χ2n) is 8.66. The van der Waals surface area contributed by atoms with Crippen LogP contribution in [0.5, 0.6) is 0 Å². The van der Waals surface area contributed by atoms with Gasteiger partial charge in [0.15, 0.2) is 5.69 Å². The van der Waals surface area contributed by atoms with Gasteiger partial charge >= 0.3 is 12.1 Å². The smallest absolute Gasteiger partial charge is 0.414 e. The number of carbonyl (C=O) groups excluding carboxylic acids is 2. The summed E-state index contributed by atoms with van der Waals surface area (Å²) in [5, 5.41) is 15.4. The third-order valence-corrected chi connectivity index (χ3v) is 6.51. The number of benzene rings is 2. The predicted octanol–water partition coefficient (Wildman–Crippen LogP) is 3.83. The van der Waals surface area contributed by atoms with Crippen molar-refractivity contribution < 1.29 is 28.8 Å². The minimum absolute atomic E-state index is 0.00723. The van der Waals surface area contributed by atoms with Crippen LogP contribution in [0, 0.1) is 11.8 Å². The van der Waals surface area contributed by atoms with Gasteiger partial charge in [-0.05, 0) is 28.2 Å². The molecule has 1 fully saturated rings. The van der Waals surface area contributed by atoms with E-state index in [-0.39, 0.29) is 36.6 Å². The summed E-state index contributed by atoms with van der Waals surface area (Å²) in [6, 6.07) is 17.4. The highest BCUT2D eigenvalue weighted by Gasteiger charge is 2.38. The lowest BCUT2D eigenvalue weighted by Gasteiger charge is -2.14. The average Bonchev–Trinajstić information content (AvgIpc) is 3.53. The van der Waals surface area contributed by atoms with Crippen molar-refractivity contribution >= 4 is 23.9 Å². The molecule has 2 aromatic carbocycles. The van der Waals surface area contributed by atoms with Gasteiger partial charge in [-0.15, -0.1) is 0 Å². The number of ether oxygens (including phenoxy) is 1. The summed E-state index contributed by atoms with van der Waals surface area (Å²) < 4.78 is 10.5. The number of carboxylic acid groups (broad SMARTS) is 1. The molecule has 3 aromatic rings. The molecule has 0 radical (unpaired) electrons. The normalized spacial score (nSPS) is 18.9. The molecule has 2 unspecified atom stereocenters. The van der Waals surface area contributed by atoms with E-state index in [2.05, 4.69) is 22.6 Å². The first kappa shape index (κ1) is 21.7. The molecule has 2 N–H and O–H groups in total. The maximum Gasteiger partial charge on any atom is 0.414 e. The fourth-order valence-corrected chi connectivity index (χ4v) is 4.79. The molecule has 34 heavy (non-hydrogen) atoms. The summed E-state index contributed by atoms with van der Waals surface area (Å²) in [5.41, 5.74) is 4.46. The number of nitrogens with zero attached hydrogens (tertiary/aromatic N) is 2. The zero-order valence-electron chi connectivity index (χ0n) is 18.4. The van der Waals surface area contributed by atoms with Crippen molar-refractivity contribution in [2.75, 3.05) is 25.0 Å². The van der Waals surface area contributed by atoms with Crippen LogP contribution in [0.25, 0.3) is 11.1 Å². The zero-order valence-corrected chi connectivity index (χ0v) is 18.4. The SMILES string of the molecule is CC1CN(C(=O)c2cc(NC(=O)OCC3c4ccccc4-c4ccccc43)on2)CC1C(=O)O. The minimum atomic E-state index is -0.930. The summed E-state index contributed by atoms with van der Waals surface area (Å²) in [5.74, 6) is -2.26. The largest absolute Gasteiger partial charge is 0.481 e. The second kappa shape index (κ2) is 8.66. The number of rotatable bonds is 5. The van der Waals surface area contributed by atoms with Gasteiger partial charge in [0.1, 0.15) is 6.61 Å². The first-order valence-electron chi connectivity index (χ1n) is 11.0. The quantitative estimate of drug-likeness (QED) is 0.592. The molecule has 0 spiro atoms. The number of likely N-dealkylation sites (tertiary alicyclic amines) is 1. The molecule has 5 rings (SSSR count). The van der Waals surface area contributed by atoms with E-state index < -0.39 is 23.9 Å². The van der Waals surface area contributed by atoms with Crippen molar-refractivity contribution in [3.8, 4) is 11.1 Å². The predicted molar refractivity (Wildman–Crippen MR) is 121 cm³/mol. The maximum atomic E-state index is 12.7. The topological polar surface area (TPSA) is 122 Å². The van der Waals surface area contributed by atoms with Gasteiger partial charge in [0.25, 0.3) is 5.91 Å². The highest BCUT2D eigenvalue weighted by Crippen LogP contribution is 2.44. The molecule has 1 aromatic heterocycles. The van der Waals surface area contributed by atoms with Gasteiger partial charge in [0.05, 0.1) is 5.92 Å². The number of aromatic nitrogens is 1. The molecule has 174 valence electrons. The van der Waals surface area contributed by atoms with E-state index in [4.69, 9.17) is 9.26 Å². The van der Waals surface area contributed by atoms with Gasteiger partial charge in [0, 0.05) is 25.1 Å². The monoisotopic (exact) mass is 461 g/mol. The van der Waals surface area contributed by atoms with Crippen LogP contribution in [0.15, 0.2) is 59.1 Å². The third kappa shape index (κ3) is 3.89. The van der Waals surface area contributed by atoms with Crippen LogP contribution >= 0.6 is 0 Å². The first-order valence-corrected chi connectivity index (χ1v) is 11.0. The number of hydrogen-bond donors (Lipinski definition) is 2. The average molecular weight is 461 g/mol. The number of aliphatic carboxylic acids is 1. The standard InChI is InChI=1S/C25H23N3O6/c1-14-11-28(12-19(14)24(30)31)23(29)21-10-22(34-27-21)26-25(32)33-13-20-17-8-4-2-6-15(17)16-7-3-5-9-18(16)20/h2-10,14,19-20H,11-13H2,1H3,(H,26,32)(H,30,31). The fourth-order valence-electron chi connectivity index (χ4n) is 4.79. The van der Waals surface area contributed by atoms with Crippen LogP contribution in [-0.4, -0.2) is 52.8 Å². The van der Waals surface area contributed by atoms with E-state index in [0.717, 1.165) is 22.3 Å². The molecule has 2 amide bonds. The summed E-state index contributed by atoms with van der Waals surface area (Å²) in [4.78, 5) is 37.8. The molecule has 9 nitrogen and oxygen atoms in total. The molecule has 2 aliphatic rings. The number of amides is 2. The Kier molecular flexibility index (Phi) is 5.53. The Morgan fingerprint density at radius 1 is 1.09 bits per heavy atom. The van der Waals surface area contributed by atoms with Crippen LogP contribution in [-0.2, 0) is 9.53 Å². The van der Waals surface area contributed by atoms with Crippen molar-refractivity contribution in [2.24, 2.45) is 11.8 Å². The number of nitrogens with one attached hydrogen (secondary N) is 1. The molecular weight excluding hydrogens is 438 g/mol. The maximum absolute atomic E-state index is 12.7. The number of fused-ring (bicyclic) bond motifs is 3. The number of carboxylic acids is 1. The molecule has 0 saturated carbocycles. The van der Waals surface area contributed by atoms with Crippen LogP contribution in [0.1, 0.15) is 34.5 Å². The molecule has 1 saturated heterocycles. The van der Waals surface area contributed by atoms with Crippen molar-refractivity contribution in [3.05, 3.63) is 71.4 Å². The Hall–Kier alpha value is -4.14. The second-order valence-corrected chi connectivity index (χ2v) is 8.66. The molecule has 2 heterocycles. The van der Waals surface area contributed by atoms with Crippen molar-refractivity contribution in [2.45, 2.75) is 12.8 Å². The summed E-state index contributed by atoms with van der Waals surface area (Å²) in [6.07, 6.45) is -0.724. The van der Waals surface area contributed by atoms with Crippen molar-refractivity contribution in [1.29, 1.82) is 0 Å². The van der Waals surface area contributed by atoms with E-state index in [1.165, 1.54) is 11.0 Å². The Morgan fingerprint density at radius 3 is 2.35 bits per heavy atom. The summed E-state index contributed by atoms with van der Waals surface area (Å²) >= 11 is 0. The number of anilines is 1. The van der Waals surface area contributed by atoms with Crippen molar-refractivity contribution in [1.82, 2.24) is 10.1 Å². The summed E-state index contributed by atoms with van der Waals surface area (Å²) in [7, 11) is 0. The molecule has 1 aliphatic heterocycles. The Labute approximate surface area is 195 Å². The molecular formula is C25H23N3O6. The molecule has 1 aliphatic carbocycles. The van der Waals surface area contributed by atoms with Crippen LogP contribution < -0.4 is 5.32 Å². The lowest BCUT2D eigenvalue weighted by molar-refractivity contribution is -0.142. The van der Waals surface area contributed by atoms with E-state index in [9.17, 15) is 19.5 Å². The van der Waals surface area contributed by atoms with Crippen LogP contribution in [0.3, 0.4) is 0 Å². The lowest BCUT2D eigenvalue weighted by Crippen LogP contribution is -2.30. The van der Waals surface area contributed by atoms with E-state index in [1.807, 2.05) is 36.4 Å². The first-order chi connectivity index (χ1) is 16.4. The highest BCUT2D eigenvalue weighted by molar-refractivity contribution is 5.94. The van der Waals surface area contributed by atoms with Gasteiger partial charge in [-0.2, -0.15) is 0 Å². The van der Waals surface area contributed by atoms with Gasteiger partial charge in [-0.1, -0.05) is 60.6 Å². The third-order valence-electron chi connectivity index (χ3n) is 6.51. The van der Waals surface area contributed by atoms with E-state index >= 15 is 0 Å². The van der Waals surface area contributed by atoms with Gasteiger partial charge in [-0.3, -0.25) is 14.9 Å². The number of carbonyl (C=O) groups is 3. The molecule has 0 bridgehead atoms. The Bertz CT molecular complexity index is 1220. The van der Waals surface area contributed by atoms with Crippen molar-refractivity contribution in [3.63, 3.8) is 0 Å². The summed E-state index contributed by atoms with van der Waals surface area (Å²) in [6.45, 7) is 2.36. The highest BCUT2D eigenvalue weighted by atomic mass is 16.6. The van der Waals surface area contributed by atoms with Gasteiger partial charge in [-0.25, -0.2) is 4.79 Å². The minimum Gasteiger partial charge on any atom is -0.481 e. The molecule has 9 heteroatoms. The Morgan fingerprint density at radius 2 is 1.74 bits per heavy atom. The van der Waals surface area contributed by atoms with Crippen LogP contribution in [0.2, 0.25) is 0 Å². The van der Waals surface area contributed by atoms with Crippen LogP contribution in [0.4, 0.5) is 10.7 Å². The Balaban J connectivity index is 1.21. The lowest BCUT2D eigenvalue weighted by atomic mass is 9.98. The number of hydrogen-bond acceptors (Lipinski definition) is 6.